The fraction of sp³-hybridized carbons (Fsp3) is 0.238. The van der Waals surface area contributed by atoms with Gasteiger partial charge in [-0.05, 0) is 23.8 Å². The van der Waals surface area contributed by atoms with Crippen LogP contribution in [0.15, 0.2) is 48.7 Å². The van der Waals surface area contributed by atoms with Crippen molar-refractivity contribution < 1.29 is 19.1 Å². The van der Waals surface area contributed by atoms with E-state index in [-0.39, 0.29) is 24.5 Å². The van der Waals surface area contributed by atoms with Gasteiger partial charge in [0.15, 0.2) is 11.5 Å². The molecule has 2 aliphatic heterocycles. The first-order valence-corrected chi connectivity index (χ1v) is 9.20. The zero-order valence-electron chi connectivity index (χ0n) is 15.1. The largest absolute Gasteiger partial charge is 0.454 e. The lowest BCUT2D eigenvalue weighted by Gasteiger charge is -2.38. The van der Waals surface area contributed by atoms with Crippen LogP contribution in [0.5, 0.6) is 11.5 Å². The van der Waals surface area contributed by atoms with E-state index in [1.807, 2.05) is 42.5 Å². The number of carbonyl (C=O) groups excluding carboxylic acids is 2. The van der Waals surface area contributed by atoms with Gasteiger partial charge < -0.3 is 24.7 Å². The predicted octanol–water partition coefficient (Wildman–Crippen LogP) is 2.29. The molecule has 2 aliphatic rings. The lowest BCUT2D eigenvalue weighted by atomic mass is 9.97. The molecular weight excluding hydrogens is 358 g/mol. The number of carbonyl (C=O) groups is 2. The van der Waals surface area contributed by atoms with E-state index in [1.54, 1.807) is 11.1 Å². The summed E-state index contributed by atoms with van der Waals surface area (Å²) in [5.74, 6) is 1.16. The highest BCUT2D eigenvalue weighted by molar-refractivity contribution is 6.07. The van der Waals surface area contributed by atoms with Crippen LogP contribution in [0, 0.1) is 5.92 Å². The van der Waals surface area contributed by atoms with E-state index in [9.17, 15) is 9.59 Å². The number of nitrogens with one attached hydrogen (secondary N) is 2. The molecule has 2 aromatic carbocycles. The van der Waals surface area contributed by atoms with Crippen molar-refractivity contribution in [1.29, 1.82) is 0 Å². The van der Waals surface area contributed by atoms with Crippen LogP contribution in [0.2, 0.25) is 0 Å². The number of aromatic nitrogens is 1. The van der Waals surface area contributed by atoms with E-state index in [0.29, 0.717) is 30.9 Å². The molecule has 0 spiro atoms. The van der Waals surface area contributed by atoms with Crippen molar-refractivity contribution in [1.82, 2.24) is 15.2 Å². The highest BCUT2D eigenvalue weighted by Gasteiger charge is 2.36. The number of hydrogen-bond acceptors (Lipinski definition) is 4. The van der Waals surface area contributed by atoms with Crippen LogP contribution in [0.1, 0.15) is 15.9 Å². The highest BCUT2D eigenvalue weighted by atomic mass is 16.7. The SMILES string of the molecule is O=C(NCc1ccc2c(c1)OCO2)C1CN(C(=O)c2c[nH]c3ccccc23)C1. The molecule has 1 aromatic heterocycles. The van der Waals surface area contributed by atoms with Crippen molar-refractivity contribution in [2.24, 2.45) is 5.92 Å². The summed E-state index contributed by atoms with van der Waals surface area (Å²) in [6.45, 7) is 1.52. The lowest BCUT2D eigenvalue weighted by molar-refractivity contribution is -0.129. The van der Waals surface area contributed by atoms with Crippen LogP contribution < -0.4 is 14.8 Å². The van der Waals surface area contributed by atoms with Crippen molar-refractivity contribution in [2.75, 3.05) is 19.9 Å². The van der Waals surface area contributed by atoms with Crippen LogP contribution in [-0.4, -0.2) is 41.6 Å². The monoisotopic (exact) mass is 377 g/mol. The van der Waals surface area contributed by atoms with Crippen LogP contribution in [0.3, 0.4) is 0 Å². The Morgan fingerprint density at radius 2 is 1.93 bits per heavy atom. The number of nitrogens with zero attached hydrogens (tertiary/aromatic N) is 1. The van der Waals surface area contributed by atoms with Crippen molar-refractivity contribution in [3.63, 3.8) is 0 Å². The second-order valence-corrected chi connectivity index (χ2v) is 7.06. The fourth-order valence-corrected chi connectivity index (χ4v) is 3.61. The molecule has 7 nitrogen and oxygen atoms in total. The van der Waals surface area contributed by atoms with Gasteiger partial charge in [-0.25, -0.2) is 0 Å². The molecule has 0 unspecified atom stereocenters. The van der Waals surface area contributed by atoms with Gasteiger partial charge in [0.2, 0.25) is 12.7 Å². The second kappa shape index (κ2) is 6.60. The van der Waals surface area contributed by atoms with Crippen molar-refractivity contribution in [3.8, 4) is 11.5 Å². The van der Waals surface area contributed by atoms with Crippen LogP contribution in [0.25, 0.3) is 10.9 Å². The average molecular weight is 377 g/mol. The Bertz CT molecular complexity index is 1070. The molecule has 0 atom stereocenters. The molecule has 0 radical (unpaired) electrons. The van der Waals surface area contributed by atoms with Gasteiger partial charge in [0.05, 0.1) is 11.5 Å². The first-order valence-electron chi connectivity index (χ1n) is 9.20. The standard InChI is InChI=1S/C21H19N3O4/c25-20(23-8-13-5-6-18-19(7-13)28-12-27-18)14-10-24(11-14)21(26)16-9-22-17-4-2-1-3-15(16)17/h1-7,9,14,22H,8,10-12H2,(H,23,25). The predicted molar refractivity (Wildman–Crippen MR) is 102 cm³/mol. The van der Waals surface area contributed by atoms with Crippen molar-refractivity contribution >= 4 is 22.7 Å². The molecule has 1 saturated heterocycles. The molecule has 3 aromatic rings. The van der Waals surface area contributed by atoms with Crippen molar-refractivity contribution in [2.45, 2.75) is 6.54 Å². The Morgan fingerprint density at radius 1 is 1.11 bits per heavy atom. The van der Waals surface area contributed by atoms with E-state index in [0.717, 1.165) is 22.2 Å². The molecule has 2 amide bonds. The summed E-state index contributed by atoms with van der Waals surface area (Å²) >= 11 is 0. The Hall–Kier alpha value is -3.48. The summed E-state index contributed by atoms with van der Waals surface area (Å²) in [7, 11) is 0. The number of aromatic amines is 1. The maximum Gasteiger partial charge on any atom is 0.256 e. The highest BCUT2D eigenvalue weighted by Crippen LogP contribution is 2.32. The first kappa shape index (κ1) is 16.7. The minimum atomic E-state index is -0.178. The third kappa shape index (κ3) is 2.85. The van der Waals surface area contributed by atoms with E-state index in [2.05, 4.69) is 10.3 Å². The molecular formula is C21H19N3O4. The van der Waals surface area contributed by atoms with Gasteiger partial charge >= 0.3 is 0 Å². The molecule has 5 rings (SSSR count). The maximum absolute atomic E-state index is 12.7. The lowest BCUT2D eigenvalue weighted by Crippen LogP contribution is -2.55. The summed E-state index contributed by atoms with van der Waals surface area (Å²) in [6, 6.07) is 13.3. The smallest absolute Gasteiger partial charge is 0.256 e. The molecule has 0 saturated carbocycles. The van der Waals surface area contributed by atoms with Crippen molar-refractivity contribution in [3.05, 3.63) is 59.8 Å². The molecule has 142 valence electrons. The molecule has 28 heavy (non-hydrogen) atoms. The first-order chi connectivity index (χ1) is 13.7. The number of hydrogen-bond donors (Lipinski definition) is 2. The van der Waals surface area contributed by atoms with Gasteiger partial charge in [-0.2, -0.15) is 0 Å². The van der Waals surface area contributed by atoms with E-state index < -0.39 is 0 Å². The maximum atomic E-state index is 12.7. The van der Waals surface area contributed by atoms with Gasteiger partial charge in [-0.15, -0.1) is 0 Å². The quantitative estimate of drug-likeness (QED) is 0.731. The third-order valence-corrected chi connectivity index (χ3v) is 5.26. The number of H-pyrrole nitrogens is 1. The van der Waals surface area contributed by atoms with Crippen LogP contribution in [0.4, 0.5) is 0 Å². The fourth-order valence-electron chi connectivity index (χ4n) is 3.61. The number of rotatable bonds is 4. The number of ether oxygens (including phenoxy) is 2. The Balaban J connectivity index is 1.16. The number of likely N-dealkylation sites (tertiary alicyclic amines) is 1. The third-order valence-electron chi connectivity index (χ3n) is 5.26. The number of benzene rings is 2. The zero-order chi connectivity index (χ0) is 19.1. The van der Waals surface area contributed by atoms with Gasteiger partial charge in [0, 0.05) is 36.7 Å². The molecule has 0 aliphatic carbocycles. The average Bonchev–Trinajstić information content (AvgIpc) is 3.31. The molecule has 1 fully saturated rings. The van der Waals surface area contributed by atoms with Gasteiger partial charge in [-0.1, -0.05) is 24.3 Å². The zero-order valence-corrected chi connectivity index (χ0v) is 15.1. The molecule has 3 heterocycles. The Morgan fingerprint density at radius 3 is 2.82 bits per heavy atom. The normalized spacial score (nSPS) is 15.5. The molecule has 7 heteroatoms. The van der Waals surface area contributed by atoms with E-state index in [4.69, 9.17) is 9.47 Å². The second-order valence-electron chi connectivity index (χ2n) is 7.06. The van der Waals surface area contributed by atoms with Gasteiger partial charge in [-0.3, -0.25) is 9.59 Å². The minimum absolute atomic E-state index is 0.0411. The van der Waals surface area contributed by atoms with E-state index >= 15 is 0 Å². The van der Waals surface area contributed by atoms with Gasteiger partial charge in [0.25, 0.3) is 5.91 Å². The summed E-state index contributed by atoms with van der Waals surface area (Å²) in [6.07, 6.45) is 1.74. The Kier molecular flexibility index (Phi) is 3.93. The molecule has 2 N–H and O–H groups in total. The topological polar surface area (TPSA) is 83.7 Å². The summed E-state index contributed by atoms with van der Waals surface area (Å²) in [5, 5.41) is 3.84. The number of fused-ring (bicyclic) bond motifs is 2. The van der Waals surface area contributed by atoms with E-state index in [1.165, 1.54) is 0 Å². The van der Waals surface area contributed by atoms with Gasteiger partial charge in [0.1, 0.15) is 0 Å². The molecule has 0 bridgehead atoms. The number of para-hydroxylation sites is 1. The summed E-state index contributed by atoms with van der Waals surface area (Å²) < 4.78 is 10.6. The summed E-state index contributed by atoms with van der Waals surface area (Å²) in [4.78, 5) is 29.9. The van der Waals surface area contributed by atoms with Crippen LogP contribution in [-0.2, 0) is 11.3 Å². The summed E-state index contributed by atoms with van der Waals surface area (Å²) in [5.41, 5.74) is 2.53. The Labute approximate surface area is 161 Å². The minimum Gasteiger partial charge on any atom is -0.454 e. The van der Waals surface area contributed by atoms with Crippen LogP contribution >= 0.6 is 0 Å². The number of amides is 2.